The molecule has 1 aliphatic carbocycles. The van der Waals surface area contributed by atoms with Crippen molar-refractivity contribution in [2.24, 2.45) is 5.73 Å². The zero-order chi connectivity index (χ0) is 20.4. The summed E-state index contributed by atoms with van der Waals surface area (Å²) in [6.07, 6.45) is 0.780. The number of nitrogens with two attached hydrogens (primary N) is 1. The molecule has 3 N–H and O–H groups in total. The molecule has 0 atom stereocenters. The van der Waals surface area contributed by atoms with Gasteiger partial charge in [-0.15, -0.1) is 0 Å². The van der Waals surface area contributed by atoms with Crippen molar-refractivity contribution in [3.05, 3.63) is 42.4 Å². The van der Waals surface area contributed by atoms with Crippen LogP contribution < -0.4 is 5.73 Å². The maximum Gasteiger partial charge on any atom is 0.490 e. The van der Waals surface area contributed by atoms with Crippen LogP contribution in [0.15, 0.2) is 41.1 Å². The topological polar surface area (TPSA) is 115 Å². The van der Waals surface area contributed by atoms with Gasteiger partial charge in [0.25, 0.3) is 5.89 Å². The van der Waals surface area contributed by atoms with Crippen LogP contribution in [0.3, 0.4) is 0 Å². The van der Waals surface area contributed by atoms with Crippen LogP contribution in [0.2, 0.25) is 0 Å². The third kappa shape index (κ3) is 4.11. The Labute approximate surface area is 157 Å². The van der Waals surface area contributed by atoms with Crippen molar-refractivity contribution in [1.29, 1.82) is 0 Å². The normalized spacial score (nSPS) is 15.9. The Kier molecular flexibility index (Phi) is 5.32. The Hall–Kier alpha value is -3.01. The van der Waals surface area contributed by atoms with E-state index in [9.17, 15) is 13.2 Å². The minimum absolute atomic E-state index is 0.426. The minimum Gasteiger partial charge on any atom is -0.475 e. The highest BCUT2D eigenvalue weighted by atomic mass is 19.4. The average Bonchev–Trinajstić information content (AvgIpc) is 3.31. The van der Waals surface area contributed by atoms with Crippen LogP contribution in [0.25, 0.3) is 22.4 Å². The monoisotopic (exact) mass is 394 g/mol. The fourth-order valence-corrected chi connectivity index (χ4v) is 3.05. The molecule has 0 spiro atoms. The number of alkyl halides is 3. The molecule has 0 radical (unpaired) electrons. The number of benzene rings is 1. The fourth-order valence-electron chi connectivity index (χ4n) is 3.05. The molecule has 1 aromatic carbocycles. The molecule has 2 heterocycles. The molecule has 0 aliphatic heterocycles. The number of pyridine rings is 1. The number of hydrogen-bond acceptors (Lipinski definition) is 6. The van der Waals surface area contributed by atoms with Gasteiger partial charge < -0.3 is 15.4 Å². The number of carboxylic acid groups (broad SMARTS) is 1. The van der Waals surface area contributed by atoms with Gasteiger partial charge in [0.15, 0.2) is 5.82 Å². The molecule has 1 saturated carbocycles. The standard InChI is InChI=1S/C16H16N4O.C2HF3O2/c17-16(8-1-2-9-16)15-19-14(21-20-15)12-5-3-7-13-11(12)6-4-10-18-13;3-2(4,5)1(6)7/h3-7,10H,1-2,8-9,17H2;(H,6,7). The van der Waals surface area contributed by atoms with Crippen molar-refractivity contribution in [2.45, 2.75) is 37.4 Å². The van der Waals surface area contributed by atoms with E-state index in [1.807, 2.05) is 30.3 Å². The maximum atomic E-state index is 10.6. The summed E-state index contributed by atoms with van der Waals surface area (Å²) in [5.41, 5.74) is 7.78. The highest BCUT2D eigenvalue weighted by Gasteiger charge is 2.38. The number of halogens is 3. The Bertz CT molecular complexity index is 976. The predicted octanol–water partition coefficient (Wildman–Crippen LogP) is 3.65. The van der Waals surface area contributed by atoms with E-state index in [4.69, 9.17) is 20.2 Å². The van der Waals surface area contributed by atoms with Gasteiger partial charge in [-0.05, 0) is 31.0 Å². The van der Waals surface area contributed by atoms with E-state index in [1.54, 1.807) is 6.20 Å². The maximum absolute atomic E-state index is 10.6. The highest BCUT2D eigenvalue weighted by Crippen LogP contribution is 2.36. The lowest BCUT2D eigenvalue weighted by Gasteiger charge is -2.17. The van der Waals surface area contributed by atoms with Crippen molar-refractivity contribution in [3.8, 4) is 11.5 Å². The van der Waals surface area contributed by atoms with E-state index >= 15 is 0 Å². The summed E-state index contributed by atoms with van der Waals surface area (Å²) in [6.45, 7) is 0. The molecule has 7 nitrogen and oxygen atoms in total. The molecule has 2 aromatic heterocycles. The van der Waals surface area contributed by atoms with Crippen LogP contribution in [0.4, 0.5) is 13.2 Å². The van der Waals surface area contributed by atoms with Gasteiger partial charge in [-0.2, -0.15) is 18.2 Å². The second kappa shape index (κ2) is 7.55. The lowest BCUT2D eigenvalue weighted by Crippen LogP contribution is -2.34. The average molecular weight is 394 g/mol. The van der Waals surface area contributed by atoms with Crippen LogP contribution >= 0.6 is 0 Å². The molecule has 28 heavy (non-hydrogen) atoms. The molecule has 148 valence electrons. The molecule has 10 heteroatoms. The minimum atomic E-state index is -5.08. The van der Waals surface area contributed by atoms with Crippen molar-refractivity contribution in [2.75, 3.05) is 0 Å². The summed E-state index contributed by atoms with van der Waals surface area (Å²) < 4.78 is 37.2. The first-order chi connectivity index (χ1) is 13.2. The van der Waals surface area contributed by atoms with Crippen LogP contribution in [0.1, 0.15) is 31.5 Å². The Balaban J connectivity index is 0.000000279. The number of nitrogens with zero attached hydrogens (tertiary/aromatic N) is 3. The van der Waals surface area contributed by atoms with Gasteiger partial charge in [-0.3, -0.25) is 4.98 Å². The SMILES string of the molecule is NC1(c2noc(-c3cccc4ncccc34)n2)CCCC1.O=C(O)C(F)(F)F. The number of aromatic nitrogens is 3. The van der Waals surface area contributed by atoms with Crippen molar-refractivity contribution in [3.63, 3.8) is 0 Å². The summed E-state index contributed by atoms with van der Waals surface area (Å²) in [4.78, 5) is 17.8. The van der Waals surface area contributed by atoms with E-state index in [0.717, 1.165) is 42.1 Å². The van der Waals surface area contributed by atoms with Gasteiger partial charge in [0.05, 0.1) is 11.1 Å². The van der Waals surface area contributed by atoms with Crippen molar-refractivity contribution < 1.29 is 27.6 Å². The fraction of sp³-hybridized carbons (Fsp3) is 0.333. The van der Waals surface area contributed by atoms with Crippen LogP contribution in [-0.4, -0.2) is 32.4 Å². The summed E-state index contributed by atoms with van der Waals surface area (Å²) in [5.74, 6) is -1.62. The van der Waals surface area contributed by atoms with Crippen molar-refractivity contribution in [1.82, 2.24) is 15.1 Å². The molecule has 1 fully saturated rings. The summed E-state index contributed by atoms with van der Waals surface area (Å²) in [7, 11) is 0. The zero-order valence-electron chi connectivity index (χ0n) is 14.6. The molecule has 0 unspecified atom stereocenters. The van der Waals surface area contributed by atoms with E-state index < -0.39 is 17.7 Å². The highest BCUT2D eigenvalue weighted by molar-refractivity contribution is 5.92. The van der Waals surface area contributed by atoms with Crippen LogP contribution in [0, 0.1) is 0 Å². The number of rotatable bonds is 2. The molecule has 1 aliphatic rings. The quantitative estimate of drug-likeness (QED) is 0.682. The lowest BCUT2D eigenvalue weighted by atomic mass is 9.98. The number of hydrogen-bond donors (Lipinski definition) is 2. The molecule has 0 amide bonds. The molecule has 0 saturated heterocycles. The van der Waals surface area contributed by atoms with Gasteiger partial charge in [0.2, 0.25) is 0 Å². The Morgan fingerprint density at radius 2 is 1.86 bits per heavy atom. The first-order valence-corrected chi connectivity index (χ1v) is 8.48. The van der Waals surface area contributed by atoms with Gasteiger partial charge in [0.1, 0.15) is 0 Å². The predicted molar refractivity (Wildman–Crippen MR) is 93.1 cm³/mol. The lowest BCUT2D eigenvalue weighted by molar-refractivity contribution is -0.192. The molecule has 4 rings (SSSR count). The summed E-state index contributed by atoms with van der Waals surface area (Å²) in [5, 5.41) is 12.3. The first kappa shape index (κ1) is 19.7. The zero-order valence-corrected chi connectivity index (χ0v) is 14.6. The van der Waals surface area contributed by atoms with Crippen LogP contribution in [0.5, 0.6) is 0 Å². The Morgan fingerprint density at radius 1 is 1.18 bits per heavy atom. The first-order valence-electron chi connectivity index (χ1n) is 8.48. The van der Waals surface area contributed by atoms with Gasteiger partial charge in [0, 0.05) is 17.1 Å². The van der Waals surface area contributed by atoms with Gasteiger partial charge in [-0.25, -0.2) is 4.79 Å². The number of carboxylic acids is 1. The largest absolute Gasteiger partial charge is 0.490 e. The smallest absolute Gasteiger partial charge is 0.475 e. The number of fused-ring (bicyclic) bond motifs is 1. The third-order valence-corrected chi connectivity index (χ3v) is 4.49. The van der Waals surface area contributed by atoms with Crippen LogP contribution in [-0.2, 0) is 10.3 Å². The molecule has 0 bridgehead atoms. The van der Waals surface area contributed by atoms with Gasteiger partial charge >= 0.3 is 12.1 Å². The van der Waals surface area contributed by atoms with E-state index in [2.05, 4.69) is 15.1 Å². The summed E-state index contributed by atoms with van der Waals surface area (Å²) >= 11 is 0. The van der Waals surface area contributed by atoms with E-state index in [-0.39, 0.29) is 0 Å². The molecule has 3 aromatic rings. The van der Waals surface area contributed by atoms with Gasteiger partial charge in [-0.1, -0.05) is 30.1 Å². The summed E-state index contributed by atoms with van der Waals surface area (Å²) in [6, 6.07) is 9.80. The number of aliphatic carboxylic acids is 1. The van der Waals surface area contributed by atoms with E-state index in [1.165, 1.54) is 0 Å². The molecular formula is C18H17F3N4O3. The third-order valence-electron chi connectivity index (χ3n) is 4.49. The van der Waals surface area contributed by atoms with E-state index in [0.29, 0.717) is 11.7 Å². The Morgan fingerprint density at radius 3 is 2.50 bits per heavy atom. The second-order valence-corrected chi connectivity index (χ2v) is 6.46. The number of carbonyl (C=O) groups is 1. The molecular weight excluding hydrogens is 377 g/mol. The second-order valence-electron chi connectivity index (χ2n) is 6.46. The van der Waals surface area contributed by atoms with Crippen molar-refractivity contribution >= 4 is 16.9 Å².